The number of anilines is 1. The highest BCUT2D eigenvalue weighted by molar-refractivity contribution is 7.18. The van der Waals surface area contributed by atoms with Crippen molar-refractivity contribution >= 4 is 33.4 Å². The summed E-state index contributed by atoms with van der Waals surface area (Å²) >= 11 is 1.71. The molecular formula is C22H28N8O2S. The van der Waals surface area contributed by atoms with Crippen molar-refractivity contribution in [2.75, 3.05) is 71.5 Å². The summed E-state index contributed by atoms with van der Waals surface area (Å²) in [6.07, 6.45) is 5.01. The first-order valence-electron chi connectivity index (χ1n) is 11.2. The number of rotatable bonds is 4. The summed E-state index contributed by atoms with van der Waals surface area (Å²) in [5, 5.41) is 1.08. The van der Waals surface area contributed by atoms with Crippen molar-refractivity contribution in [3.8, 4) is 11.4 Å². The van der Waals surface area contributed by atoms with E-state index in [9.17, 15) is 4.79 Å². The highest BCUT2D eigenvalue weighted by atomic mass is 32.1. The molecule has 0 bridgehead atoms. The minimum Gasteiger partial charge on any atom is -0.378 e. The number of carbonyl (C=O) groups is 1. The summed E-state index contributed by atoms with van der Waals surface area (Å²) in [6.45, 7) is 7.08. The van der Waals surface area contributed by atoms with E-state index in [1.54, 1.807) is 42.7 Å². The van der Waals surface area contributed by atoms with Gasteiger partial charge in [-0.25, -0.2) is 24.7 Å². The fraction of sp³-hybridized carbons (Fsp3) is 0.500. The molecule has 174 valence electrons. The Kier molecular flexibility index (Phi) is 6.34. The molecule has 2 saturated heterocycles. The molecule has 2 aliphatic heterocycles. The molecule has 0 radical (unpaired) electrons. The number of morpholine rings is 1. The first-order chi connectivity index (χ1) is 16.1. The Morgan fingerprint density at radius 1 is 1.06 bits per heavy atom. The number of urea groups is 1. The predicted octanol–water partition coefficient (Wildman–Crippen LogP) is 1.78. The van der Waals surface area contributed by atoms with Gasteiger partial charge in [0.05, 0.1) is 24.2 Å². The van der Waals surface area contributed by atoms with Gasteiger partial charge in [0.25, 0.3) is 0 Å². The molecule has 2 fully saturated rings. The van der Waals surface area contributed by atoms with Crippen molar-refractivity contribution in [1.82, 2.24) is 34.6 Å². The zero-order valence-electron chi connectivity index (χ0n) is 19.0. The number of hydrogen-bond donors (Lipinski definition) is 0. The minimum absolute atomic E-state index is 0.0827. The molecule has 5 heterocycles. The van der Waals surface area contributed by atoms with Gasteiger partial charge in [0.1, 0.15) is 17.0 Å². The summed E-state index contributed by atoms with van der Waals surface area (Å²) in [5.41, 5.74) is 0.811. The van der Waals surface area contributed by atoms with E-state index in [1.165, 1.54) is 11.2 Å². The van der Waals surface area contributed by atoms with E-state index in [2.05, 4.69) is 25.8 Å². The molecule has 33 heavy (non-hydrogen) atoms. The van der Waals surface area contributed by atoms with Gasteiger partial charge in [-0.2, -0.15) is 0 Å². The van der Waals surface area contributed by atoms with Gasteiger partial charge in [0, 0.05) is 77.2 Å². The zero-order chi connectivity index (χ0) is 22.8. The van der Waals surface area contributed by atoms with Crippen molar-refractivity contribution in [1.29, 1.82) is 0 Å². The van der Waals surface area contributed by atoms with Crippen LogP contribution in [0.1, 0.15) is 4.88 Å². The number of hydrogen-bond acceptors (Lipinski definition) is 9. The van der Waals surface area contributed by atoms with Gasteiger partial charge in [-0.3, -0.25) is 4.90 Å². The van der Waals surface area contributed by atoms with Crippen molar-refractivity contribution in [3.05, 3.63) is 29.7 Å². The van der Waals surface area contributed by atoms with Gasteiger partial charge in [-0.05, 0) is 6.07 Å². The number of nitrogens with zero attached hydrogens (tertiary/aromatic N) is 8. The smallest absolute Gasteiger partial charge is 0.319 e. The Hall–Kier alpha value is -2.89. The number of piperazine rings is 1. The topological polar surface area (TPSA) is 90.8 Å². The first kappa shape index (κ1) is 21.9. The second-order valence-corrected chi connectivity index (χ2v) is 9.58. The van der Waals surface area contributed by atoms with Crippen LogP contribution in [-0.4, -0.2) is 107 Å². The maximum absolute atomic E-state index is 12.2. The number of ether oxygens (including phenoxy) is 1. The molecule has 3 aromatic heterocycles. The summed E-state index contributed by atoms with van der Waals surface area (Å²) in [5.74, 6) is 1.60. The van der Waals surface area contributed by atoms with Crippen LogP contribution in [0.4, 0.5) is 10.6 Å². The first-order valence-corrected chi connectivity index (χ1v) is 12.0. The molecule has 0 saturated carbocycles. The van der Waals surface area contributed by atoms with Gasteiger partial charge in [0.15, 0.2) is 5.82 Å². The zero-order valence-corrected chi connectivity index (χ0v) is 19.8. The van der Waals surface area contributed by atoms with Crippen LogP contribution in [0.3, 0.4) is 0 Å². The molecule has 2 amide bonds. The third kappa shape index (κ3) is 4.75. The Bertz CT molecular complexity index is 1110. The average molecular weight is 469 g/mol. The average Bonchev–Trinajstić information content (AvgIpc) is 3.26. The molecule has 3 aromatic rings. The van der Waals surface area contributed by atoms with E-state index in [4.69, 9.17) is 14.7 Å². The van der Waals surface area contributed by atoms with Crippen molar-refractivity contribution in [2.45, 2.75) is 6.54 Å². The largest absolute Gasteiger partial charge is 0.378 e. The summed E-state index contributed by atoms with van der Waals surface area (Å²) in [6, 6.07) is 2.31. The SMILES string of the molecule is CN(C)C(=O)N1CCN(Cc2cc3c(N4CCOCC4)nc(-c4cncnc4)nc3s2)CC1. The monoisotopic (exact) mass is 468 g/mol. The molecule has 0 N–H and O–H groups in total. The van der Waals surface area contributed by atoms with E-state index in [1.807, 2.05) is 4.90 Å². The molecule has 5 rings (SSSR count). The fourth-order valence-corrected chi connectivity index (χ4v) is 5.26. The van der Waals surface area contributed by atoms with Crippen LogP contribution in [0.2, 0.25) is 0 Å². The van der Waals surface area contributed by atoms with Crippen molar-refractivity contribution < 1.29 is 9.53 Å². The molecule has 0 unspecified atom stereocenters. The predicted molar refractivity (Wildman–Crippen MR) is 127 cm³/mol. The highest BCUT2D eigenvalue weighted by Crippen LogP contribution is 2.34. The van der Waals surface area contributed by atoms with E-state index < -0.39 is 0 Å². The lowest BCUT2D eigenvalue weighted by molar-refractivity contribution is 0.120. The van der Waals surface area contributed by atoms with Gasteiger partial charge in [0.2, 0.25) is 0 Å². The molecule has 0 atom stereocenters. The molecule has 0 aliphatic carbocycles. The summed E-state index contributed by atoms with van der Waals surface area (Å²) in [7, 11) is 3.60. The van der Waals surface area contributed by atoms with Crippen LogP contribution in [0.25, 0.3) is 21.6 Å². The molecule has 11 heteroatoms. The third-order valence-electron chi connectivity index (χ3n) is 5.96. The lowest BCUT2D eigenvalue weighted by Gasteiger charge is -2.35. The summed E-state index contributed by atoms with van der Waals surface area (Å²) < 4.78 is 5.55. The maximum Gasteiger partial charge on any atom is 0.319 e. The minimum atomic E-state index is 0.0827. The molecule has 2 aliphatic rings. The van der Waals surface area contributed by atoms with E-state index in [-0.39, 0.29) is 6.03 Å². The Morgan fingerprint density at radius 3 is 2.48 bits per heavy atom. The molecule has 10 nitrogen and oxygen atoms in total. The standard InChI is InChI=1S/C22H28N8O2S/c1-27(2)22(31)30-5-3-28(4-6-30)14-17-11-18-20(29-7-9-32-10-8-29)25-19(26-21(18)33-17)16-12-23-15-24-13-16/h11-13,15H,3-10,14H2,1-2H3. The lowest BCUT2D eigenvalue weighted by atomic mass is 10.2. The third-order valence-corrected chi connectivity index (χ3v) is 6.97. The highest BCUT2D eigenvalue weighted by Gasteiger charge is 2.24. The fourth-order valence-electron chi connectivity index (χ4n) is 4.19. The van der Waals surface area contributed by atoms with E-state index in [0.29, 0.717) is 19.0 Å². The van der Waals surface area contributed by atoms with Crippen molar-refractivity contribution in [2.24, 2.45) is 0 Å². The van der Waals surface area contributed by atoms with Crippen LogP contribution < -0.4 is 4.90 Å². The Labute approximate surface area is 196 Å². The van der Waals surface area contributed by atoms with Gasteiger partial charge in [-0.15, -0.1) is 11.3 Å². The van der Waals surface area contributed by atoms with Crippen LogP contribution in [-0.2, 0) is 11.3 Å². The number of thiophene rings is 1. The van der Waals surface area contributed by atoms with Crippen LogP contribution in [0.15, 0.2) is 24.8 Å². The molecular weight excluding hydrogens is 440 g/mol. The van der Waals surface area contributed by atoms with Gasteiger partial charge >= 0.3 is 6.03 Å². The number of carbonyl (C=O) groups excluding carboxylic acids is 1. The van der Waals surface area contributed by atoms with Crippen LogP contribution in [0.5, 0.6) is 0 Å². The summed E-state index contributed by atoms with van der Waals surface area (Å²) in [4.78, 5) is 40.7. The van der Waals surface area contributed by atoms with Gasteiger partial charge < -0.3 is 19.4 Å². The molecule has 0 aromatic carbocycles. The van der Waals surface area contributed by atoms with E-state index >= 15 is 0 Å². The maximum atomic E-state index is 12.2. The van der Waals surface area contributed by atoms with Crippen LogP contribution in [0, 0.1) is 0 Å². The number of amides is 2. The normalized spacial score (nSPS) is 17.5. The Balaban J connectivity index is 1.40. The second-order valence-electron chi connectivity index (χ2n) is 8.47. The Morgan fingerprint density at radius 2 is 1.79 bits per heavy atom. The quantitative estimate of drug-likeness (QED) is 0.572. The van der Waals surface area contributed by atoms with Crippen LogP contribution >= 0.6 is 11.3 Å². The lowest BCUT2D eigenvalue weighted by Crippen LogP contribution is -2.51. The van der Waals surface area contributed by atoms with Gasteiger partial charge in [-0.1, -0.05) is 0 Å². The number of fused-ring (bicyclic) bond motifs is 1. The number of aromatic nitrogens is 4. The van der Waals surface area contributed by atoms with E-state index in [0.717, 1.165) is 67.4 Å². The van der Waals surface area contributed by atoms with Crippen molar-refractivity contribution in [3.63, 3.8) is 0 Å². The second kappa shape index (κ2) is 9.54. The molecule has 0 spiro atoms.